The second-order valence-electron chi connectivity index (χ2n) is 8.39. The Labute approximate surface area is 192 Å². The van der Waals surface area contributed by atoms with Crippen molar-refractivity contribution in [3.05, 3.63) is 58.1 Å². The lowest BCUT2D eigenvalue weighted by Gasteiger charge is -2.37. The van der Waals surface area contributed by atoms with Crippen molar-refractivity contribution in [1.82, 2.24) is 4.98 Å². The summed E-state index contributed by atoms with van der Waals surface area (Å²) in [6.45, 7) is 2.89. The highest BCUT2D eigenvalue weighted by Gasteiger charge is 2.30. The fraction of sp³-hybridized carbons (Fsp3) is 0.360. The number of anilines is 2. The average Bonchev–Trinajstić information content (AvgIpc) is 2.83. The number of piperidine rings is 1. The van der Waals surface area contributed by atoms with Crippen molar-refractivity contribution in [2.45, 2.75) is 31.9 Å². The largest absolute Gasteiger partial charge is 0.480 e. The standard InChI is InChI=1S/C25H25ClN4O2/c1-32-25-19(14-27)20-15-30(22-7-3-5-16-4-2-6-21(26)23(16)22)13-10-18(20)24(28-25)29-11-8-17(31)9-12-29/h2-7,17,31H,8-13,15H2,1H3. The third kappa shape index (κ3) is 3.52. The highest BCUT2D eigenvalue weighted by atomic mass is 35.5. The molecule has 0 bridgehead atoms. The molecule has 6 nitrogen and oxygen atoms in total. The smallest absolute Gasteiger partial charge is 0.233 e. The highest BCUT2D eigenvalue weighted by molar-refractivity contribution is 6.36. The molecule has 0 saturated carbocycles. The number of pyridine rings is 1. The van der Waals surface area contributed by atoms with Crippen LogP contribution in [0.15, 0.2) is 36.4 Å². The zero-order valence-corrected chi connectivity index (χ0v) is 18.8. The first-order chi connectivity index (χ1) is 15.6. The third-order valence-electron chi connectivity index (χ3n) is 6.58. The normalized spacial score (nSPS) is 16.7. The molecule has 0 amide bonds. The number of aliphatic hydroxyl groups excluding tert-OH is 1. The molecule has 0 aliphatic carbocycles. The number of hydrogen-bond donors (Lipinski definition) is 1. The van der Waals surface area contributed by atoms with Crippen LogP contribution in [0.2, 0.25) is 5.02 Å². The van der Waals surface area contributed by atoms with Crippen molar-refractivity contribution in [3.8, 4) is 11.9 Å². The summed E-state index contributed by atoms with van der Waals surface area (Å²) in [6.07, 6.45) is 1.96. The van der Waals surface area contributed by atoms with E-state index in [2.05, 4.69) is 34.1 Å². The van der Waals surface area contributed by atoms with Crippen molar-refractivity contribution < 1.29 is 9.84 Å². The fourth-order valence-electron chi connectivity index (χ4n) is 4.94. The number of aromatic nitrogens is 1. The minimum atomic E-state index is -0.256. The van der Waals surface area contributed by atoms with Gasteiger partial charge in [-0.15, -0.1) is 0 Å². The lowest BCUT2D eigenvalue weighted by atomic mass is 9.94. The van der Waals surface area contributed by atoms with Gasteiger partial charge in [0, 0.05) is 48.4 Å². The predicted molar refractivity (Wildman–Crippen MR) is 127 cm³/mol. The van der Waals surface area contributed by atoms with E-state index in [4.69, 9.17) is 21.3 Å². The summed E-state index contributed by atoms with van der Waals surface area (Å²) < 4.78 is 5.54. The number of methoxy groups -OCH3 is 1. The van der Waals surface area contributed by atoms with Crippen LogP contribution >= 0.6 is 11.6 Å². The van der Waals surface area contributed by atoms with Gasteiger partial charge >= 0.3 is 0 Å². The first-order valence-electron chi connectivity index (χ1n) is 11.0. The zero-order chi connectivity index (χ0) is 22.2. The van der Waals surface area contributed by atoms with Gasteiger partial charge in [-0.05, 0) is 36.8 Å². The van der Waals surface area contributed by atoms with Crippen LogP contribution in [0.4, 0.5) is 11.5 Å². The maximum Gasteiger partial charge on any atom is 0.233 e. The Kier molecular flexibility index (Phi) is 5.54. The summed E-state index contributed by atoms with van der Waals surface area (Å²) >= 11 is 6.59. The first-order valence-corrected chi connectivity index (χ1v) is 11.3. The van der Waals surface area contributed by atoms with E-state index in [0.717, 1.165) is 77.3 Å². The summed E-state index contributed by atoms with van der Waals surface area (Å²) in [5, 5.41) is 22.7. The fourth-order valence-corrected chi connectivity index (χ4v) is 5.21. The number of nitrogens with zero attached hydrogens (tertiary/aromatic N) is 4. The number of aliphatic hydroxyl groups is 1. The van der Waals surface area contributed by atoms with Crippen molar-refractivity contribution in [3.63, 3.8) is 0 Å². The van der Waals surface area contributed by atoms with E-state index in [1.807, 2.05) is 18.2 Å². The Morgan fingerprint density at radius 1 is 1.09 bits per heavy atom. The maximum absolute atomic E-state index is 9.96. The van der Waals surface area contributed by atoms with Crippen molar-refractivity contribution >= 4 is 33.9 Å². The Balaban J connectivity index is 1.60. The van der Waals surface area contributed by atoms with E-state index >= 15 is 0 Å². The number of hydrogen-bond acceptors (Lipinski definition) is 6. The number of benzene rings is 2. The van der Waals surface area contributed by atoms with Gasteiger partial charge in [0.15, 0.2) is 0 Å². The van der Waals surface area contributed by atoms with Crippen LogP contribution in [-0.4, -0.2) is 42.9 Å². The van der Waals surface area contributed by atoms with Crippen LogP contribution in [0.5, 0.6) is 5.88 Å². The Morgan fingerprint density at radius 3 is 2.56 bits per heavy atom. The lowest BCUT2D eigenvalue weighted by Crippen LogP contribution is -2.39. The van der Waals surface area contributed by atoms with Gasteiger partial charge in [0.2, 0.25) is 5.88 Å². The van der Waals surface area contributed by atoms with Gasteiger partial charge in [0.25, 0.3) is 0 Å². The number of fused-ring (bicyclic) bond motifs is 2. The minimum absolute atomic E-state index is 0.256. The minimum Gasteiger partial charge on any atom is -0.480 e. The molecule has 1 aromatic heterocycles. The van der Waals surface area contributed by atoms with Crippen LogP contribution in [0.1, 0.15) is 29.5 Å². The van der Waals surface area contributed by atoms with Crippen LogP contribution in [0.25, 0.3) is 10.8 Å². The molecule has 0 spiro atoms. The number of nitriles is 1. The summed E-state index contributed by atoms with van der Waals surface area (Å²) in [4.78, 5) is 9.26. The average molecular weight is 449 g/mol. The Hall–Kier alpha value is -3.01. The molecule has 7 heteroatoms. The van der Waals surface area contributed by atoms with Gasteiger partial charge in [0.1, 0.15) is 17.5 Å². The molecule has 0 unspecified atom stereocenters. The SMILES string of the molecule is COc1nc(N2CCC(O)CC2)c2c(c1C#N)CN(c1cccc3cccc(Cl)c13)CC2. The molecule has 2 aromatic carbocycles. The van der Waals surface area contributed by atoms with Crippen molar-refractivity contribution in [1.29, 1.82) is 5.26 Å². The van der Waals surface area contributed by atoms with Gasteiger partial charge in [-0.3, -0.25) is 0 Å². The van der Waals surface area contributed by atoms with E-state index in [1.165, 1.54) is 0 Å². The van der Waals surface area contributed by atoms with Crippen LogP contribution in [0.3, 0.4) is 0 Å². The molecule has 1 N–H and O–H groups in total. The van der Waals surface area contributed by atoms with Gasteiger partial charge in [-0.25, -0.2) is 0 Å². The monoisotopic (exact) mass is 448 g/mol. The second kappa shape index (κ2) is 8.50. The predicted octanol–water partition coefficient (Wildman–Crippen LogP) is 4.29. The summed E-state index contributed by atoms with van der Waals surface area (Å²) in [7, 11) is 1.56. The molecule has 1 fully saturated rings. The first kappa shape index (κ1) is 20.9. The maximum atomic E-state index is 9.96. The molecular formula is C25H25ClN4O2. The summed E-state index contributed by atoms with van der Waals surface area (Å²) in [5.41, 5.74) is 3.65. The summed E-state index contributed by atoms with van der Waals surface area (Å²) in [6, 6.07) is 14.5. The highest BCUT2D eigenvalue weighted by Crippen LogP contribution is 2.39. The van der Waals surface area contributed by atoms with Gasteiger partial charge in [-0.1, -0.05) is 35.9 Å². The van der Waals surface area contributed by atoms with E-state index < -0.39 is 0 Å². The Morgan fingerprint density at radius 2 is 1.84 bits per heavy atom. The topological polar surface area (TPSA) is 72.6 Å². The number of ether oxygens (including phenoxy) is 1. The summed E-state index contributed by atoms with van der Waals surface area (Å²) in [5.74, 6) is 1.25. The molecule has 1 saturated heterocycles. The molecule has 164 valence electrons. The molecule has 5 rings (SSSR count). The molecule has 0 radical (unpaired) electrons. The van der Waals surface area contributed by atoms with Crippen LogP contribution in [-0.2, 0) is 13.0 Å². The third-order valence-corrected chi connectivity index (χ3v) is 6.89. The molecule has 0 atom stereocenters. The molecule has 32 heavy (non-hydrogen) atoms. The lowest BCUT2D eigenvalue weighted by molar-refractivity contribution is 0.145. The second-order valence-corrected chi connectivity index (χ2v) is 8.80. The number of rotatable bonds is 3. The molecule has 3 aromatic rings. The molecule has 3 heterocycles. The van der Waals surface area contributed by atoms with E-state index in [0.29, 0.717) is 18.0 Å². The van der Waals surface area contributed by atoms with Crippen molar-refractivity contribution in [2.24, 2.45) is 0 Å². The van der Waals surface area contributed by atoms with Crippen LogP contribution < -0.4 is 14.5 Å². The Bertz CT molecular complexity index is 1210. The number of halogens is 1. The van der Waals surface area contributed by atoms with E-state index in [9.17, 15) is 10.4 Å². The van der Waals surface area contributed by atoms with Gasteiger partial charge < -0.3 is 19.6 Å². The molecular weight excluding hydrogens is 424 g/mol. The van der Waals surface area contributed by atoms with Gasteiger partial charge in [0.05, 0.1) is 18.2 Å². The van der Waals surface area contributed by atoms with Gasteiger partial charge in [-0.2, -0.15) is 10.2 Å². The molecule has 2 aliphatic heterocycles. The van der Waals surface area contributed by atoms with Crippen LogP contribution in [0, 0.1) is 11.3 Å². The quantitative estimate of drug-likeness (QED) is 0.644. The van der Waals surface area contributed by atoms with E-state index in [-0.39, 0.29) is 6.10 Å². The van der Waals surface area contributed by atoms with Crippen molar-refractivity contribution in [2.75, 3.05) is 36.5 Å². The zero-order valence-electron chi connectivity index (χ0n) is 18.0. The molecule has 2 aliphatic rings. The van der Waals surface area contributed by atoms with E-state index in [1.54, 1.807) is 7.11 Å².